The maximum atomic E-state index is 13.2. The summed E-state index contributed by atoms with van der Waals surface area (Å²) in [5.74, 6) is -1.48. The van der Waals surface area contributed by atoms with E-state index in [9.17, 15) is 24.6 Å². The van der Waals surface area contributed by atoms with Gasteiger partial charge < -0.3 is 29.0 Å². The van der Waals surface area contributed by atoms with E-state index in [2.05, 4.69) is 16.9 Å². The van der Waals surface area contributed by atoms with Gasteiger partial charge in [0, 0.05) is 17.9 Å². The standard InChI is InChI=1S/C31H44N2O9/c1-6-12-39-29(37)15-23(35)14-22(34)8-9-24-20(5)27(36)16-25-26(33-40-17-21-13-19(4)42-32-21)10-11-28(30(24)25)41-31(38)18(3)7-2/h6,13,16,18,20,22-24,28,30,34-35H,1,7-12,14-15,17H2,2-5H3. The highest BCUT2D eigenvalue weighted by molar-refractivity contribution is 6.08. The van der Waals surface area contributed by atoms with Gasteiger partial charge >= 0.3 is 11.9 Å². The first-order valence-corrected chi connectivity index (χ1v) is 14.7. The van der Waals surface area contributed by atoms with Crippen LogP contribution in [0.1, 0.15) is 77.2 Å². The van der Waals surface area contributed by atoms with Crippen molar-refractivity contribution in [2.24, 2.45) is 28.8 Å². The van der Waals surface area contributed by atoms with Gasteiger partial charge in [0.2, 0.25) is 0 Å². The molecule has 2 N–H and O–H groups in total. The molecule has 0 amide bonds. The quantitative estimate of drug-likeness (QED) is 0.174. The molecular weight excluding hydrogens is 544 g/mol. The van der Waals surface area contributed by atoms with E-state index >= 15 is 0 Å². The smallest absolute Gasteiger partial charge is 0.308 e. The highest BCUT2D eigenvalue weighted by atomic mass is 16.6. The number of rotatable bonds is 15. The Bertz CT molecular complexity index is 1160. The van der Waals surface area contributed by atoms with Gasteiger partial charge in [-0.3, -0.25) is 14.4 Å². The number of aliphatic hydroxyl groups is 2. The molecule has 11 heteroatoms. The number of esters is 2. The highest BCUT2D eigenvalue weighted by Gasteiger charge is 2.46. The summed E-state index contributed by atoms with van der Waals surface area (Å²) in [6.45, 7) is 11.0. The van der Waals surface area contributed by atoms with Crippen LogP contribution >= 0.6 is 0 Å². The lowest BCUT2D eigenvalue weighted by Crippen LogP contribution is -2.46. The number of hydrogen-bond acceptors (Lipinski definition) is 11. The maximum Gasteiger partial charge on any atom is 0.308 e. The van der Waals surface area contributed by atoms with Crippen LogP contribution in [-0.2, 0) is 35.3 Å². The number of allylic oxidation sites excluding steroid dienone is 1. The Kier molecular flexibility index (Phi) is 12.5. The number of carbonyl (C=O) groups is 3. The van der Waals surface area contributed by atoms with E-state index in [1.807, 2.05) is 20.8 Å². The van der Waals surface area contributed by atoms with Gasteiger partial charge in [-0.05, 0) is 63.0 Å². The molecule has 0 aromatic carbocycles. The van der Waals surface area contributed by atoms with Crippen LogP contribution in [0.15, 0.2) is 40.0 Å². The number of fused-ring (bicyclic) bond motifs is 1. The zero-order chi connectivity index (χ0) is 30.8. The van der Waals surface area contributed by atoms with E-state index < -0.39 is 24.3 Å². The predicted molar refractivity (Wildman–Crippen MR) is 153 cm³/mol. The van der Waals surface area contributed by atoms with Gasteiger partial charge in [0.15, 0.2) is 12.4 Å². The predicted octanol–water partition coefficient (Wildman–Crippen LogP) is 4.00. The van der Waals surface area contributed by atoms with Crippen molar-refractivity contribution in [3.8, 4) is 0 Å². The molecule has 232 valence electrons. The summed E-state index contributed by atoms with van der Waals surface area (Å²) in [7, 11) is 0. The molecule has 0 aliphatic heterocycles. The molecule has 1 saturated carbocycles. The van der Waals surface area contributed by atoms with Gasteiger partial charge in [0.25, 0.3) is 0 Å². The van der Waals surface area contributed by atoms with Crippen molar-refractivity contribution in [3.05, 3.63) is 41.8 Å². The normalized spacial score (nSPS) is 25.1. The fourth-order valence-electron chi connectivity index (χ4n) is 5.55. The topological polar surface area (TPSA) is 158 Å². The van der Waals surface area contributed by atoms with E-state index in [1.54, 1.807) is 19.1 Å². The Morgan fingerprint density at radius 1 is 1.31 bits per heavy atom. The van der Waals surface area contributed by atoms with Gasteiger partial charge in [-0.1, -0.05) is 43.7 Å². The molecule has 7 unspecified atom stereocenters. The molecule has 0 bridgehead atoms. The highest BCUT2D eigenvalue weighted by Crippen LogP contribution is 2.45. The molecular formula is C31H44N2O9. The summed E-state index contributed by atoms with van der Waals surface area (Å²) in [6, 6.07) is 1.75. The Morgan fingerprint density at radius 3 is 2.74 bits per heavy atom. The summed E-state index contributed by atoms with van der Waals surface area (Å²) in [6.07, 6.45) is 2.69. The van der Waals surface area contributed by atoms with Crippen molar-refractivity contribution in [1.29, 1.82) is 0 Å². The molecule has 0 saturated heterocycles. The van der Waals surface area contributed by atoms with Gasteiger partial charge in [0.05, 0.1) is 30.3 Å². The van der Waals surface area contributed by atoms with Crippen LogP contribution in [0.4, 0.5) is 0 Å². The Balaban J connectivity index is 1.76. The number of nitrogens with zero attached hydrogens (tertiary/aromatic N) is 2. The van der Waals surface area contributed by atoms with Gasteiger partial charge in [-0.2, -0.15) is 0 Å². The van der Waals surface area contributed by atoms with Crippen molar-refractivity contribution in [2.75, 3.05) is 6.61 Å². The third-order valence-corrected chi connectivity index (χ3v) is 8.10. The number of aryl methyl sites for hydroxylation is 1. The molecule has 2 aliphatic rings. The average molecular weight is 589 g/mol. The molecule has 0 spiro atoms. The Hall–Kier alpha value is -3.31. The third kappa shape index (κ3) is 9.09. The maximum absolute atomic E-state index is 13.2. The van der Waals surface area contributed by atoms with Crippen LogP contribution in [-0.4, -0.2) is 63.7 Å². The molecule has 1 heterocycles. The lowest BCUT2D eigenvalue weighted by atomic mass is 9.63. The van der Waals surface area contributed by atoms with E-state index in [1.165, 1.54) is 6.08 Å². The van der Waals surface area contributed by atoms with Crippen LogP contribution in [0.2, 0.25) is 0 Å². The zero-order valence-electron chi connectivity index (χ0n) is 25.0. The van der Waals surface area contributed by atoms with Crippen LogP contribution in [0.3, 0.4) is 0 Å². The van der Waals surface area contributed by atoms with Crippen LogP contribution < -0.4 is 0 Å². The third-order valence-electron chi connectivity index (χ3n) is 8.10. The zero-order valence-corrected chi connectivity index (χ0v) is 25.0. The van der Waals surface area contributed by atoms with Crippen molar-refractivity contribution >= 4 is 23.4 Å². The average Bonchev–Trinajstić information content (AvgIpc) is 3.37. The first-order valence-electron chi connectivity index (χ1n) is 14.7. The molecule has 1 aromatic heterocycles. The number of ether oxygens (including phenoxy) is 2. The molecule has 0 radical (unpaired) electrons. The first kappa shape index (κ1) is 33.2. The fourth-order valence-corrected chi connectivity index (χ4v) is 5.55. The number of aliphatic hydroxyl groups excluding tert-OH is 2. The molecule has 2 aliphatic carbocycles. The Labute approximate surface area is 246 Å². The van der Waals surface area contributed by atoms with Gasteiger partial charge in [-0.15, -0.1) is 0 Å². The van der Waals surface area contributed by atoms with E-state index in [-0.39, 0.29) is 67.9 Å². The second-order valence-corrected chi connectivity index (χ2v) is 11.3. The lowest BCUT2D eigenvalue weighted by molar-refractivity contribution is -0.158. The Morgan fingerprint density at radius 2 is 2.07 bits per heavy atom. The molecule has 1 fully saturated rings. The molecule has 7 atom stereocenters. The second-order valence-electron chi connectivity index (χ2n) is 11.3. The number of ketones is 1. The monoisotopic (exact) mass is 588 g/mol. The number of carbonyl (C=O) groups excluding carboxylic acids is 3. The van der Waals surface area contributed by atoms with E-state index in [0.29, 0.717) is 48.4 Å². The number of hydrogen-bond donors (Lipinski definition) is 2. The SMILES string of the molecule is C=CCOC(=O)CC(O)CC(O)CCC1C(C)C(=O)C=C2C(=NOCc3cc(C)on3)CCC(OC(=O)C(C)CC)C21. The first-order chi connectivity index (χ1) is 20.0. The molecule has 42 heavy (non-hydrogen) atoms. The fraction of sp³-hybridized carbons (Fsp3) is 0.645. The largest absolute Gasteiger partial charge is 0.461 e. The van der Waals surface area contributed by atoms with Gasteiger partial charge in [0.1, 0.15) is 24.2 Å². The minimum atomic E-state index is -1.07. The number of oxime groups is 1. The van der Waals surface area contributed by atoms with Crippen molar-refractivity contribution in [1.82, 2.24) is 5.16 Å². The summed E-state index contributed by atoms with van der Waals surface area (Å²) >= 11 is 0. The molecule has 3 rings (SSSR count). The van der Waals surface area contributed by atoms with Crippen LogP contribution in [0.25, 0.3) is 0 Å². The van der Waals surface area contributed by atoms with Crippen molar-refractivity contribution < 1.29 is 43.4 Å². The summed E-state index contributed by atoms with van der Waals surface area (Å²) in [5, 5.41) is 29.3. The van der Waals surface area contributed by atoms with Crippen molar-refractivity contribution in [3.63, 3.8) is 0 Å². The van der Waals surface area contributed by atoms with E-state index in [4.69, 9.17) is 18.8 Å². The van der Waals surface area contributed by atoms with Crippen LogP contribution in [0.5, 0.6) is 0 Å². The second kappa shape index (κ2) is 15.8. The van der Waals surface area contributed by atoms with E-state index in [0.717, 1.165) is 0 Å². The number of aromatic nitrogens is 1. The summed E-state index contributed by atoms with van der Waals surface area (Å²) < 4.78 is 16.0. The lowest BCUT2D eigenvalue weighted by Gasteiger charge is -2.43. The van der Waals surface area contributed by atoms with Crippen LogP contribution in [0, 0.1) is 30.6 Å². The summed E-state index contributed by atoms with van der Waals surface area (Å²) in [4.78, 5) is 43.4. The summed E-state index contributed by atoms with van der Waals surface area (Å²) in [5.41, 5.74) is 1.90. The van der Waals surface area contributed by atoms with Crippen molar-refractivity contribution in [2.45, 2.75) is 97.6 Å². The minimum absolute atomic E-state index is 0.0138. The molecule has 11 nitrogen and oxygen atoms in total. The van der Waals surface area contributed by atoms with Gasteiger partial charge in [-0.25, -0.2) is 0 Å². The molecule has 1 aromatic rings. The minimum Gasteiger partial charge on any atom is -0.461 e.